The average Bonchev–Trinajstić information content (AvgIpc) is 2.23. The Morgan fingerprint density at radius 2 is 1.75 bits per heavy atom. The Morgan fingerprint density at radius 1 is 1.25 bits per heavy atom. The van der Waals surface area contributed by atoms with Crippen molar-refractivity contribution in [3.05, 3.63) is 12.7 Å². The van der Waals surface area contributed by atoms with Crippen LogP contribution in [-0.4, -0.2) is 29.9 Å². The number of nitrogens with one attached hydrogen (secondary N) is 1. The minimum Gasteiger partial charge on any atom is -0.415 e. The van der Waals surface area contributed by atoms with Crippen LogP contribution >= 0.6 is 0 Å². The smallest absolute Gasteiger partial charge is 0.192 e. The lowest BCUT2D eigenvalue weighted by Crippen LogP contribution is -2.47. The zero-order valence-electron chi connectivity index (χ0n) is 14.5. The van der Waals surface area contributed by atoms with Crippen LogP contribution in [0, 0.1) is 0 Å². The number of hydrogen-bond donors (Lipinski definition) is 1. The van der Waals surface area contributed by atoms with Crippen LogP contribution in [0.4, 0.5) is 0 Å². The normalized spacial score (nSPS) is 16.8. The molecular formula is C15H33NO2SSi. The highest BCUT2D eigenvalue weighted by atomic mass is 32.2. The SMILES string of the molecule is C=CC[C@H](CO[Si](C)(C)C(C)(C)C)N[S@@](=O)C(C)(C)C. The second-order valence-corrected chi connectivity index (χ2v) is 14.6. The molecule has 0 rings (SSSR count). The molecule has 20 heavy (non-hydrogen) atoms. The van der Waals surface area contributed by atoms with E-state index >= 15 is 0 Å². The minimum atomic E-state index is -1.77. The fraction of sp³-hybridized carbons (Fsp3) is 0.867. The largest absolute Gasteiger partial charge is 0.415 e. The van der Waals surface area contributed by atoms with Gasteiger partial charge in [0.2, 0.25) is 0 Å². The molecule has 0 bridgehead atoms. The molecule has 0 amide bonds. The Balaban J connectivity index is 4.65. The van der Waals surface area contributed by atoms with E-state index in [2.05, 4.69) is 45.2 Å². The van der Waals surface area contributed by atoms with E-state index in [-0.39, 0.29) is 15.8 Å². The standard InChI is InChI=1S/C15H33NO2SSi/c1-10-11-13(16-19(17)14(2,3)4)12-18-20(8,9)15(5,6)7/h10,13,16H,1,11-12H2,2-9H3/t13-,19+/m1/s1. The maximum atomic E-state index is 12.2. The minimum absolute atomic E-state index is 0.0571. The van der Waals surface area contributed by atoms with Gasteiger partial charge in [-0.2, -0.15) is 0 Å². The highest BCUT2D eigenvalue weighted by Gasteiger charge is 2.37. The summed E-state index contributed by atoms with van der Waals surface area (Å²) in [5.41, 5.74) is 0. The van der Waals surface area contributed by atoms with Gasteiger partial charge in [0.25, 0.3) is 0 Å². The quantitative estimate of drug-likeness (QED) is 0.569. The van der Waals surface area contributed by atoms with Gasteiger partial charge >= 0.3 is 0 Å². The average molecular weight is 320 g/mol. The summed E-state index contributed by atoms with van der Waals surface area (Å²) in [4.78, 5) is 0. The lowest BCUT2D eigenvalue weighted by atomic mass is 10.2. The van der Waals surface area contributed by atoms with Crippen LogP contribution in [0.1, 0.15) is 48.0 Å². The van der Waals surface area contributed by atoms with Gasteiger partial charge < -0.3 is 4.43 Å². The lowest BCUT2D eigenvalue weighted by molar-refractivity contribution is 0.256. The van der Waals surface area contributed by atoms with E-state index in [1.165, 1.54) is 0 Å². The summed E-state index contributed by atoms with van der Waals surface area (Å²) in [6.45, 7) is 21.4. The molecule has 0 fully saturated rings. The van der Waals surface area contributed by atoms with Crippen molar-refractivity contribution in [3.8, 4) is 0 Å². The van der Waals surface area contributed by atoms with Gasteiger partial charge in [0, 0.05) is 6.04 Å². The van der Waals surface area contributed by atoms with Crippen molar-refractivity contribution in [2.75, 3.05) is 6.61 Å². The highest BCUT2D eigenvalue weighted by Crippen LogP contribution is 2.36. The van der Waals surface area contributed by atoms with E-state index < -0.39 is 19.3 Å². The maximum absolute atomic E-state index is 12.2. The molecule has 0 saturated heterocycles. The van der Waals surface area contributed by atoms with Crippen LogP contribution in [0.15, 0.2) is 12.7 Å². The third-order valence-electron chi connectivity index (χ3n) is 3.73. The van der Waals surface area contributed by atoms with Crippen molar-refractivity contribution in [2.45, 2.75) is 76.9 Å². The molecule has 0 aliphatic carbocycles. The Bertz CT molecular complexity index is 343. The van der Waals surface area contributed by atoms with Crippen molar-refractivity contribution in [3.63, 3.8) is 0 Å². The zero-order valence-corrected chi connectivity index (χ0v) is 16.3. The van der Waals surface area contributed by atoms with Crippen LogP contribution < -0.4 is 4.72 Å². The fourth-order valence-corrected chi connectivity index (χ4v) is 3.08. The Labute approximate surface area is 129 Å². The van der Waals surface area contributed by atoms with Crippen molar-refractivity contribution in [1.29, 1.82) is 0 Å². The van der Waals surface area contributed by atoms with E-state index in [1.54, 1.807) is 0 Å². The first kappa shape index (κ1) is 20.0. The second-order valence-electron chi connectivity index (χ2n) is 7.79. The first-order valence-electron chi connectivity index (χ1n) is 7.24. The van der Waals surface area contributed by atoms with Gasteiger partial charge in [0.05, 0.1) is 22.3 Å². The summed E-state index contributed by atoms with van der Waals surface area (Å²) in [5, 5.41) is 0.189. The number of hydrogen-bond acceptors (Lipinski definition) is 2. The molecule has 0 aliphatic heterocycles. The van der Waals surface area contributed by atoms with Gasteiger partial charge in [-0.1, -0.05) is 26.8 Å². The van der Waals surface area contributed by atoms with Crippen molar-refractivity contribution in [2.24, 2.45) is 0 Å². The third kappa shape index (κ3) is 6.65. The van der Waals surface area contributed by atoms with Crippen LogP contribution in [0.3, 0.4) is 0 Å². The summed E-state index contributed by atoms with van der Waals surface area (Å²) in [5.74, 6) is 0. The maximum Gasteiger partial charge on any atom is 0.192 e. The second kappa shape index (κ2) is 7.34. The van der Waals surface area contributed by atoms with Crippen LogP contribution in [0.25, 0.3) is 0 Å². The van der Waals surface area contributed by atoms with E-state index in [9.17, 15) is 4.21 Å². The molecule has 5 heteroatoms. The summed E-state index contributed by atoms with van der Waals surface area (Å²) < 4.78 is 21.3. The van der Waals surface area contributed by atoms with Gasteiger partial charge in [-0.3, -0.25) is 0 Å². The van der Waals surface area contributed by atoms with Gasteiger partial charge in [0.15, 0.2) is 8.32 Å². The fourth-order valence-electron chi connectivity index (χ4n) is 1.20. The van der Waals surface area contributed by atoms with Gasteiger partial charge in [-0.05, 0) is 45.3 Å². The van der Waals surface area contributed by atoms with Gasteiger partial charge in [0.1, 0.15) is 0 Å². The molecule has 120 valence electrons. The van der Waals surface area contributed by atoms with E-state index in [1.807, 2.05) is 26.8 Å². The Hall–Kier alpha value is 0.0269. The van der Waals surface area contributed by atoms with Crippen LogP contribution in [0.5, 0.6) is 0 Å². The zero-order chi connectivity index (χ0) is 16.2. The molecule has 0 heterocycles. The summed E-state index contributed by atoms with van der Waals surface area (Å²) in [7, 11) is -2.85. The molecule has 0 saturated carbocycles. The number of rotatable bonds is 7. The molecular weight excluding hydrogens is 286 g/mol. The monoisotopic (exact) mass is 319 g/mol. The molecule has 0 spiro atoms. The molecule has 0 aromatic carbocycles. The molecule has 0 aliphatic rings. The van der Waals surface area contributed by atoms with Crippen molar-refractivity contribution >= 4 is 19.3 Å². The summed E-state index contributed by atoms with van der Waals surface area (Å²) in [6.07, 6.45) is 2.61. The Morgan fingerprint density at radius 3 is 2.10 bits per heavy atom. The molecule has 0 radical (unpaired) electrons. The molecule has 0 aromatic heterocycles. The predicted octanol–water partition coefficient (Wildman–Crippen LogP) is 4.00. The first-order valence-corrected chi connectivity index (χ1v) is 11.3. The van der Waals surface area contributed by atoms with Crippen molar-refractivity contribution in [1.82, 2.24) is 4.72 Å². The molecule has 2 atom stereocenters. The van der Waals surface area contributed by atoms with E-state index in [0.717, 1.165) is 6.42 Å². The predicted molar refractivity (Wildman–Crippen MR) is 92.8 cm³/mol. The molecule has 1 N–H and O–H groups in total. The summed E-state index contributed by atoms with van der Waals surface area (Å²) in [6, 6.07) is 0.0571. The van der Waals surface area contributed by atoms with Crippen molar-refractivity contribution < 1.29 is 8.63 Å². The van der Waals surface area contributed by atoms with E-state index in [4.69, 9.17) is 4.43 Å². The lowest BCUT2D eigenvalue weighted by Gasteiger charge is -2.37. The summed E-state index contributed by atoms with van der Waals surface area (Å²) >= 11 is 0. The Kier molecular flexibility index (Phi) is 7.35. The molecule has 0 aromatic rings. The third-order valence-corrected chi connectivity index (χ3v) is 9.89. The van der Waals surface area contributed by atoms with Crippen LogP contribution in [0.2, 0.25) is 18.1 Å². The topological polar surface area (TPSA) is 38.3 Å². The first-order chi connectivity index (χ1) is 8.81. The van der Waals surface area contributed by atoms with Crippen LogP contribution in [-0.2, 0) is 15.4 Å². The van der Waals surface area contributed by atoms with E-state index in [0.29, 0.717) is 6.61 Å². The van der Waals surface area contributed by atoms with Gasteiger partial charge in [-0.15, -0.1) is 6.58 Å². The highest BCUT2D eigenvalue weighted by molar-refractivity contribution is 7.84. The van der Waals surface area contributed by atoms with Gasteiger partial charge in [-0.25, -0.2) is 8.93 Å². The molecule has 0 unspecified atom stereocenters. The molecule has 3 nitrogen and oxygen atoms in total.